The quantitative estimate of drug-likeness (QED) is 0.551. The molecule has 26 heavy (non-hydrogen) atoms. The monoisotopic (exact) mass is 373 g/mol. The van der Waals surface area contributed by atoms with Crippen LogP contribution in [0.5, 0.6) is 11.5 Å². The second kappa shape index (κ2) is 9.71. The molecule has 0 saturated heterocycles. The van der Waals surface area contributed by atoms with Gasteiger partial charge in [0.2, 0.25) is 5.91 Å². The normalized spacial score (nSPS) is 11.3. The first-order valence-electron chi connectivity index (χ1n) is 8.00. The lowest BCUT2D eigenvalue weighted by Crippen LogP contribution is -2.22. The van der Waals surface area contributed by atoms with Crippen LogP contribution in [0.4, 0.5) is 0 Å². The number of hydrogen-bond acceptors (Lipinski definition) is 4. The predicted molar refractivity (Wildman–Crippen MR) is 100 cm³/mol. The van der Waals surface area contributed by atoms with Crippen LogP contribution >= 0.6 is 11.6 Å². The van der Waals surface area contributed by atoms with Crippen LogP contribution in [0.2, 0.25) is 5.02 Å². The Hall–Kier alpha value is -2.68. The maximum absolute atomic E-state index is 12.0. The molecule has 0 bridgehead atoms. The van der Waals surface area contributed by atoms with Crippen molar-refractivity contribution in [1.29, 1.82) is 0 Å². The first-order valence-corrected chi connectivity index (χ1v) is 8.38. The van der Waals surface area contributed by atoms with Crippen LogP contribution in [-0.2, 0) is 17.8 Å². The third kappa shape index (κ3) is 5.99. The molecule has 1 unspecified atom stereocenters. The molecular weight excluding hydrogens is 354 g/mol. The van der Waals surface area contributed by atoms with Crippen LogP contribution < -0.4 is 14.8 Å². The van der Waals surface area contributed by atoms with Gasteiger partial charge in [0.05, 0.1) is 7.11 Å². The molecule has 0 aliphatic carbocycles. The molecule has 2 aromatic carbocycles. The van der Waals surface area contributed by atoms with Gasteiger partial charge in [-0.25, -0.2) is 0 Å². The van der Waals surface area contributed by atoms with E-state index in [0.29, 0.717) is 35.9 Å². The molecule has 0 spiro atoms. The number of hydrogen-bond donors (Lipinski definition) is 2. The van der Waals surface area contributed by atoms with Crippen molar-refractivity contribution in [2.24, 2.45) is 0 Å². The van der Waals surface area contributed by atoms with Crippen molar-refractivity contribution in [3.8, 4) is 23.8 Å². The largest absolute Gasteiger partial charge is 0.493 e. The number of rotatable bonds is 8. The summed E-state index contributed by atoms with van der Waals surface area (Å²) in [5.41, 5.74) is 1.89. The summed E-state index contributed by atoms with van der Waals surface area (Å²) in [6.45, 7) is 0.454. The fraction of sp³-hybridized carbons (Fsp3) is 0.250. The van der Waals surface area contributed by atoms with Crippen molar-refractivity contribution in [1.82, 2.24) is 5.32 Å². The standard InChI is InChI=1S/C20H20ClNO4/c1-3-20(24)26-17-10-6-14(12-18(17)25-2)7-11-19(23)22-13-15-4-8-16(21)9-5-15/h1,4-6,8-10,12,20,24H,7,11,13H2,2H3,(H,22,23). The van der Waals surface area contributed by atoms with Crippen LogP contribution in [0.15, 0.2) is 42.5 Å². The molecule has 0 aliphatic rings. The van der Waals surface area contributed by atoms with E-state index in [1.54, 1.807) is 30.3 Å². The fourth-order valence-electron chi connectivity index (χ4n) is 2.27. The third-order valence-electron chi connectivity index (χ3n) is 3.65. The maximum Gasteiger partial charge on any atom is 0.262 e. The Labute approximate surface area is 157 Å². The lowest BCUT2D eigenvalue weighted by atomic mass is 10.1. The number of halogens is 1. The van der Waals surface area contributed by atoms with Crippen molar-refractivity contribution in [3.63, 3.8) is 0 Å². The number of aliphatic hydroxyl groups is 1. The number of nitrogens with one attached hydrogen (secondary N) is 1. The van der Waals surface area contributed by atoms with E-state index in [4.69, 9.17) is 27.5 Å². The molecule has 0 fully saturated rings. The van der Waals surface area contributed by atoms with Crippen molar-refractivity contribution >= 4 is 17.5 Å². The molecule has 1 amide bonds. The van der Waals surface area contributed by atoms with Crippen LogP contribution in [0, 0.1) is 12.3 Å². The Morgan fingerprint density at radius 2 is 1.92 bits per heavy atom. The summed E-state index contributed by atoms with van der Waals surface area (Å²) in [6, 6.07) is 12.5. The Balaban J connectivity index is 1.87. The van der Waals surface area contributed by atoms with Crippen LogP contribution in [0.25, 0.3) is 0 Å². The molecule has 2 aromatic rings. The molecule has 1 atom stereocenters. The summed E-state index contributed by atoms with van der Waals surface area (Å²) >= 11 is 5.83. The maximum atomic E-state index is 12.0. The highest BCUT2D eigenvalue weighted by molar-refractivity contribution is 6.30. The number of methoxy groups -OCH3 is 1. The summed E-state index contributed by atoms with van der Waals surface area (Å²) in [7, 11) is 1.49. The molecule has 2 N–H and O–H groups in total. The van der Waals surface area contributed by atoms with Gasteiger partial charge in [0, 0.05) is 18.0 Å². The van der Waals surface area contributed by atoms with Gasteiger partial charge >= 0.3 is 0 Å². The van der Waals surface area contributed by atoms with E-state index in [0.717, 1.165) is 11.1 Å². The van der Waals surface area contributed by atoms with Gasteiger partial charge in [0.25, 0.3) is 6.29 Å². The minimum Gasteiger partial charge on any atom is -0.493 e. The zero-order valence-electron chi connectivity index (χ0n) is 14.4. The van der Waals surface area contributed by atoms with E-state index in [1.165, 1.54) is 7.11 Å². The highest BCUT2D eigenvalue weighted by atomic mass is 35.5. The van der Waals surface area contributed by atoms with Crippen LogP contribution in [0.1, 0.15) is 17.5 Å². The number of carbonyl (C=O) groups excluding carboxylic acids is 1. The molecule has 0 aromatic heterocycles. The Morgan fingerprint density at radius 3 is 2.58 bits per heavy atom. The Morgan fingerprint density at radius 1 is 1.23 bits per heavy atom. The van der Waals surface area contributed by atoms with E-state index < -0.39 is 6.29 Å². The zero-order chi connectivity index (χ0) is 18.9. The Kier molecular flexibility index (Phi) is 7.34. The van der Waals surface area contributed by atoms with Crippen molar-refractivity contribution in [2.45, 2.75) is 25.7 Å². The van der Waals surface area contributed by atoms with Gasteiger partial charge in [-0.05, 0) is 47.7 Å². The first kappa shape index (κ1) is 19.6. The topological polar surface area (TPSA) is 67.8 Å². The van der Waals surface area contributed by atoms with E-state index in [-0.39, 0.29) is 5.91 Å². The predicted octanol–water partition coefficient (Wildman–Crippen LogP) is 2.93. The molecule has 6 heteroatoms. The zero-order valence-corrected chi connectivity index (χ0v) is 15.1. The lowest BCUT2D eigenvalue weighted by Gasteiger charge is -2.13. The highest BCUT2D eigenvalue weighted by Gasteiger charge is 2.10. The molecule has 0 aliphatic heterocycles. The van der Waals surface area contributed by atoms with Crippen molar-refractivity contribution in [2.75, 3.05) is 7.11 Å². The number of benzene rings is 2. The summed E-state index contributed by atoms with van der Waals surface area (Å²) in [6.07, 6.45) is 4.62. The smallest absolute Gasteiger partial charge is 0.262 e. The SMILES string of the molecule is C#CC(O)Oc1ccc(CCC(=O)NCc2ccc(Cl)cc2)cc1OC. The van der Waals surface area contributed by atoms with Gasteiger partial charge < -0.3 is 19.9 Å². The average Bonchev–Trinajstić information content (AvgIpc) is 2.66. The van der Waals surface area contributed by atoms with Gasteiger partial charge in [0.1, 0.15) is 0 Å². The third-order valence-corrected chi connectivity index (χ3v) is 3.90. The van der Waals surface area contributed by atoms with Crippen LogP contribution in [-0.4, -0.2) is 24.4 Å². The second-order valence-corrected chi connectivity index (χ2v) is 5.96. The van der Waals surface area contributed by atoms with Gasteiger partial charge in [-0.15, -0.1) is 6.42 Å². The molecule has 0 radical (unpaired) electrons. The number of ether oxygens (including phenoxy) is 2. The van der Waals surface area contributed by atoms with Gasteiger partial charge in [-0.2, -0.15) is 0 Å². The number of aliphatic hydroxyl groups excluding tert-OH is 1. The molecule has 0 saturated carbocycles. The number of terminal acetylenes is 1. The molecule has 2 rings (SSSR count). The second-order valence-electron chi connectivity index (χ2n) is 5.53. The van der Waals surface area contributed by atoms with E-state index >= 15 is 0 Å². The Bertz CT molecular complexity index is 783. The summed E-state index contributed by atoms with van der Waals surface area (Å²) in [5.74, 6) is 2.80. The minimum atomic E-state index is -1.34. The first-order chi connectivity index (χ1) is 12.5. The molecule has 136 valence electrons. The molecule has 0 heterocycles. The fourth-order valence-corrected chi connectivity index (χ4v) is 2.39. The highest BCUT2D eigenvalue weighted by Crippen LogP contribution is 2.29. The van der Waals surface area contributed by atoms with Crippen molar-refractivity contribution in [3.05, 3.63) is 58.6 Å². The lowest BCUT2D eigenvalue weighted by molar-refractivity contribution is -0.121. The van der Waals surface area contributed by atoms with E-state index in [9.17, 15) is 9.90 Å². The van der Waals surface area contributed by atoms with Gasteiger partial charge in [0.15, 0.2) is 11.5 Å². The number of amides is 1. The number of aryl methyl sites for hydroxylation is 1. The number of carbonyl (C=O) groups is 1. The molecular formula is C20H20ClNO4. The average molecular weight is 374 g/mol. The van der Waals surface area contributed by atoms with Crippen molar-refractivity contribution < 1.29 is 19.4 Å². The van der Waals surface area contributed by atoms with E-state index in [2.05, 4.69) is 11.2 Å². The summed E-state index contributed by atoms with van der Waals surface area (Å²) in [5, 5.41) is 12.9. The van der Waals surface area contributed by atoms with Gasteiger partial charge in [-0.3, -0.25) is 4.79 Å². The summed E-state index contributed by atoms with van der Waals surface area (Å²) < 4.78 is 10.4. The molecule has 5 nitrogen and oxygen atoms in total. The van der Waals surface area contributed by atoms with E-state index in [1.807, 2.05) is 12.1 Å². The minimum absolute atomic E-state index is 0.0537. The van der Waals surface area contributed by atoms with Gasteiger partial charge in [-0.1, -0.05) is 29.8 Å². The summed E-state index contributed by atoms with van der Waals surface area (Å²) in [4.78, 5) is 12.0. The van der Waals surface area contributed by atoms with Crippen LogP contribution in [0.3, 0.4) is 0 Å².